The van der Waals surface area contributed by atoms with Crippen LogP contribution in [-0.4, -0.2) is 9.78 Å². The molecule has 12 heavy (non-hydrogen) atoms. The molecule has 2 N–H and O–H groups in total. The van der Waals surface area contributed by atoms with Crippen LogP contribution in [0.1, 0.15) is 0 Å². The second-order valence-corrected chi connectivity index (χ2v) is 3.11. The maximum atomic E-state index is 5.85. The van der Waals surface area contributed by atoms with Crippen molar-refractivity contribution in [2.45, 2.75) is 0 Å². The number of nitrogens with two attached hydrogens (primary N) is 1. The van der Waals surface area contributed by atoms with Gasteiger partial charge in [0.1, 0.15) is 0 Å². The van der Waals surface area contributed by atoms with Crippen LogP contribution in [0.15, 0.2) is 18.3 Å². The normalized spacial score (nSPS) is 10.8. The zero-order valence-corrected chi connectivity index (χ0v) is 7.34. The van der Waals surface area contributed by atoms with E-state index >= 15 is 0 Å². The monoisotopic (exact) mass is 181 g/mol. The van der Waals surface area contributed by atoms with E-state index in [1.54, 1.807) is 10.9 Å². The van der Waals surface area contributed by atoms with Crippen molar-refractivity contribution in [3.05, 3.63) is 23.4 Å². The Bertz CT molecular complexity index is 433. The molecule has 0 aliphatic rings. The molecule has 1 aromatic carbocycles. The Morgan fingerprint density at radius 2 is 2.25 bits per heavy atom. The van der Waals surface area contributed by atoms with Gasteiger partial charge < -0.3 is 5.73 Å². The summed E-state index contributed by atoms with van der Waals surface area (Å²) in [6.45, 7) is 0. The van der Waals surface area contributed by atoms with Crippen LogP contribution in [0.4, 0.5) is 5.69 Å². The Morgan fingerprint density at radius 1 is 1.50 bits per heavy atom. The molecule has 3 nitrogen and oxygen atoms in total. The first-order chi connectivity index (χ1) is 5.68. The topological polar surface area (TPSA) is 43.8 Å². The average molecular weight is 182 g/mol. The number of nitrogen functional groups attached to an aromatic ring is 1. The lowest BCUT2D eigenvalue weighted by molar-refractivity contribution is 0.797. The van der Waals surface area contributed by atoms with Gasteiger partial charge in [0, 0.05) is 12.4 Å². The molecular formula is C8H8ClN3. The van der Waals surface area contributed by atoms with E-state index in [0.717, 1.165) is 10.9 Å². The molecular weight excluding hydrogens is 174 g/mol. The van der Waals surface area contributed by atoms with Gasteiger partial charge >= 0.3 is 0 Å². The van der Waals surface area contributed by atoms with Crippen LogP contribution in [0.2, 0.25) is 5.02 Å². The van der Waals surface area contributed by atoms with E-state index in [0.29, 0.717) is 10.7 Å². The van der Waals surface area contributed by atoms with Crippen LogP contribution in [-0.2, 0) is 7.05 Å². The molecule has 62 valence electrons. The molecule has 0 aliphatic heterocycles. The third-order valence-electron chi connectivity index (χ3n) is 1.86. The summed E-state index contributed by atoms with van der Waals surface area (Å²) in [7, 11) is 1.87. The summed E-state index contributed by atoms with van der Waals surface area (Å²) in [5, 5.41) is 5.67. The van der Waals surface area contributed by atoms with Crippen LogP contribution < -0.4 is 5.73 Å². The number of aromatic nitrogens is 2. The minimum absolute atomic E-state index is 0.575. The van der Waals surface area contributed by atoms with E-state index in [-0.39, 0.29) is 0 Å². The fourth-order valence-corrected chi connectivity index (χ4v) is 1.35. The predicted molar refractivity (Wildman–Crippen MR) is 50.1 cm³/mol. The summed E-state index contributed by atoms with van der Waals surface area (Å²) in [6.07, 6.45) is 1.77. The summed E-state index contributed by atoms with van der Waals surface area (Å²) in [5.41, 5.74) is 7.22. The van der Waals surface area contributed by atoms with E-state index in [4.69, 9.17) is 17.3 Å². The van der Waals surface area contributed by atoms with Crippen molar-refractivity contribution in [2.75, 3.05) is 5.73 Å². The highest BCUT2D eigenvalue weighted by Crippen LogP contribution is 2.24. The molecule has 0 amide bonds. The zero-order chi connectivity index (χ0) is 8.72. The van der Waals surface area contributed by atoms with E-state index in [1.165, 1.54) is 0 Å². The number of hydrogen-bond acceptors (Lipinski definition) is 2. The molecule has 2 aromatic rings. The Kier molecular flexibility index (Phi) is 1.48. The minimum Gasteiger partial charge on any atom is -0.398 e. The highest BCUT2D eigenvalue weighted by Gasteiger charge is 2.02. The number of anilines is 1. The van der Waals surface area contributed by atoms with E-state index in [1.807, 2.05) is 19.2 Å². The minimum atomic E-state index is 0.575. The van der Waals surface area contributed by atoms with Gasteiger partial charge in [-0.15, -0.1) is 0 Å². The first kappa shape index (κ1) is 7.43. The number of nitrogens with zero attached hydrogens (tertiary/aromatic N) is 2. The Hall–Kier alpha value is -1.22. The maximum Gasteiger partial charge on any atom is 0.0695 e. The molecule has 2 rings (SSSR count). The molecule has 0 saturated heterocycles. The van der Waals surface area contributed by atoms with Crippen LogP contribution in [0, 0.1) is 0 Å². The summed E-state index contributed by atoms with van der Waals surface area (Å²) in [4.78, 5) is 0. The molecule has 4 heteroatoms. The molecule has 0 unspecified atom stereocenters. The quantitative estimate of drug-likeness (QED) is 0.630. The van der Waals surface area contributed by atoms with Crippen molar-refractivity contribution >= 4 is 28.2 Å². The summed E-state index contributed by atoms with van der Waals surface area (Å²) in [5.74, 6) is 0. The molecule has 0 bridgehead atoms. The van der Waals surface area contributed by atoms with Gasteiger partial charge in [-0.05, 0) is 12.1 Å². The number of rotatable bonds is 0. The summed E-state index contributed by atoms with van der Waals surface area (Å²) >= 11 is 5.85. The van der Waals surface area contributed by atoms with Crippen molar-refractivity contribution in [1.29, 1.82) is 0 Å². The van der Waals surface area contributed by atoms with Crippen molar-refractivity contribution in [1.82, 2.24) is 9.78 Å². The Balaban J connectivity index is 2.87. The molecule has 0 atom stereocenters. The second-order valence-electron chi connectivity index (χ2n) is 2.70. The van der Waals surface area contributed by atoms with Crippen molar-refractivity contribution in [3.63, 3.8) is 0 Å². The molecule has 0 radical (unpaired) electrons. The SMILES string of the molecule is Cn1ncc2cc(N)c(Cl)cc21. The highest BCUT2D eigenvalue weighted by molar-refractivity contribution is 6.33. The van der Waals surface area contributed by atoms with Gasteiger partial charge in [0.2, 0.25) is 0 Å². The lowest BCUT2D eigenvalue weighted by atomic mass is 10.2. The number of halogens is 1. The Morgan fingerprint density at radius 3 is 3.00 bits per heavy atom. The molecule has 0 aliphatic carbocycles. The molecule has 0 saturated carbocycles. The van der Waals surface area contributed by atoms with Gasteiger partial charge in [-0.2, -0.15) is 5.10 Å². The van der Waals surface area contributed by atoms with E-state index < -0.39 is 0 Å². The van der Waals surface area contributed by atoms with Crippen molar-refractivity contribution in [3.8, 4) is 0 Å². The van der Waals surface area contributed by atoms with Gasteiger partial charge in [-0.3, -0.25) is 4.68 Å². The van der Waals surface area contributed by atoms with Gasteiger partial charge in [0.15, 0.2) is 0 Å². The van der Waals surface area contributed by atoms with Crippen LogP contribution in [0.3, 0.4) is 0 Å². The average Bonchev–Trinajstić information content (AvgIpc) is 2.35. The summed E-state index contributed by atoms with van der Waals surface area (Å²) < 4.78 is 1.76. The molecule has 1 aromatic heterocycles. The lowest BCUT2D eigenvalue weighted by Crippen LogP contribution is -1.90. The largest absolute Gasteiger partial charge is 0.398 e. The fourth-order valence-electron chi connectivity index (χ4n) is 1.19. The van der Waals surface area contributed by atoms with Crippen molar-refractivity contribution < 1.29 is 0 Å². The van der Waals surface area contributed by atoms with Gasteiger partial charge in [0.05, 0.1) is 22.4 Å². The second kappa shape index (κ2) is 2.38. The maximum absolute atomic E-state index is 5.85. The summed E-state index contributed by atoms with van der Waals surface area (Å²) in [6, 6.07) is 3.64. The third-order valence-corrected chi connectivity index (χ3v) is 2.19. The van der Waals surface area contributed by atoms with Crippen molar-refractivity contribution in [2.24, 2.45) is 7.05 Å². The standard InChI is InChI=1S/C8H8ClN3/c1-12-8-3-6(9)7(10)2-5(8)4-11-12/h2-4H,10H2,1H3. The molecule has 0 fully saturated rings. The highest BCUT2D eigenvalue weighted by atomic mass is 35.5. The predicted octanol–water partition coefficient (Wildman–Crippen LogP) is 1.81. The molecule has 1 heterocycles. The van der Waals surface area contributed by atoms with Crippen LogP contribution >= 0.6 is 11.6 Å². The van der Waals surface area contributed by atoms with Crippen LogP contribution in [0.5, 0.6) is 0 Å². The van der Waals surface area contributed by atoms with Crippen LogP contribution in [0.25, 0.3) is 10.9 Å². The smallest absolute Gasteiger partial charge is 0.0695 e. The lowest BCUT2D eigenvalue weighted by Gasteiger charge is -1.98. The van der Waals surface area contributed by atoms with E-state index in [2.05, 4.69) is 5.10 Å². The third kappa shape index (κ3) is 0.940. The molecule has 0 spiro atoms. The Labute approximate surface area is 74.7 Å². The number of benzene rings is 1. The number of aryl methyl sites for hydroxylation is 1. The number of hydrogen-bond donors (Lipinski definition) is 1. The number of fused-ring (bicyclic) bond motifs is 1. The fraction of sp³-hybridized carbons (Fsp3) is 0.125. The first-order valence-electron chi connectivity index (χ1n) is 3.55. The first-order valence-corrected chi connectivity index (χ1v) is 3.93. The van der Waals surface area contributed by atoms with E-state index in [9.17, 15) is 0 Å². The zero-order valence-electron chi connectivity index (χ0n) is 6.58. The van der Waals surface area contributed by atoms with Gasteiger partial charge in [-0.1, -0.05) is 11.6 Å². The van der Waals surface area contributed by atoms with Gasteiger partial charge in [-0.25, -0.2) is 0 Å². The van der Waals surface area contributed by atoms with Gasteiger partial charge in [0.25, 0.3) is 0 Å².